The summed E-state index contributed by atoms with van der Waals surface area (Å²) in [5, 5.41) is 7.26. The zero-order valence-corrected chi connectivity index (χ0v) is 7.76. The van der Waals surface area contributed by atoms with Crippen LogP contribution < -0.4 is 4.74 Å². The van der Waals surface area contributed by atoms with Gasteiger partial charge in [0.2, 0.25) is 5.90 Å². The van der Waals surface area contributed by atoms with E-state index in [2.05, 4.69) is 9.47 Å². The van der Waals surface area contributed by atoms with Crippen LogP contribution in [0.5, 0.6) is 5.75 Å². The number of alkyl halides is 3. The van der Waals surface area contributed by atoms with Gasteiger partial charge in [0.15, 0.2) is 0 Å². The van der Waals surface area contributed by atoms with Crippen LogP contribution in [-0.4, -0.2) is 19.4 Å². The van der Waals surface area contributed by atoms with Crippen molar-refractivity contribution in [2.75, 3.05) is 7.11 Å². The van der Waals surface area contributed by atoms with Crippen LogP contribution in [-0.2, 0) is 4.74 Å². The molecule has 1 aromatic carbocycles. The standard InChI is InChI=1S/C9H8F3NO2/c1-14-8(13)6-4-2-3-5-7(6)15-9(10,11)12/h2-5,13H,1H3. The van der Waals surface area contributed by atoms with E-state index in [1.807, 2.05) is 0 Å². The maximum atomic E-state index is 12.0. The SMILES string of the molecule is COC(=N)c1ccccc1OC(F)(F)F. The van der Waals surface area contributed by atoms with Gasteiger partial charge in [0, 0.05) is 0 Å². The summed E-state index contributed by atoms with van der Waals surface area (Å²) < 4.78 is 44.1. The third-order valence-corrected chi connectivity index (χ3v) is 1.56. The zero-order valence-electron chi connectivity index (χ0n) is 7.76. The smallest absolute Gasteiger partial charge is 0.481 e. The predicted molar refractivity (Wildman–Crippen MR) is 47.0 cm³/mol. The molecule has 82 valence electrons. The number of ether oxygens (including phenoxy) is 2. The Morgan fingerprint density at radius 1 is 1.27 bits per heavy atom. The lowest BCUT2D eigenvalue weighted by molar-refractivity contribution is -0.274. The van der Waals surface area contributed by atoms with Crippen LogP contribution in [0.1, 0.15) is 5.56 Å². The van der Waals surface area contributed by atoms with Crippen LogP contribution in [0.3, 0.4) is 0 Å². The van der Waals surface area contributed by atoms with Gasteiger partial charge in [0.05, 0.1) is 12.7 Å². The second-order valence-electron chi connectivity index (χ2n) is 2.58. The average Bonchev–Trinajstić information content (AvgIpc) is 2.15. The van der Waals surface area contributed by atoms with Crippen molar-refractivity contribution < 1.29 is 22.6 Å². The highest BCUT2D eigenvalue weighted by molar-refractivity contribution is 5.94. The maximum Gasteiger partial charge on any atom is 0.573 e. The quantitative estimate of drug-likeness (QED) is 0.613. The molecule has 1 N–H and O–H groups in total. The number of halogens is 3. The monoisotopic (exact) mass is 219 g/mol. The van der Waals surface area contributed by atoms with Crippen molar-refractivity contribution in [3.05, 3.63) is 29.8 Å². The number of hydrogen-bond donors (Lipinski definition) is 1. The molecule has 0 aliphatic carbocycles. The maximum absolute atomic E-state index is 12.0. The predicted octanol–water partition coefficient (Wildman–Crippen LogP) is 2.56. The van der Waals surface area contributed by atoms with Crippen molar-refractivity contribution in [1.82, 2.24) is 0 Å². The summed E-state index contributed by atoms with van der Waals surface area (Å²) in [7, 11) is 1.20. The first kappa shape index (κ1) is 11.4. The summed E-state index contributed by atoms with van der Waals surface area (Å²) in [6.45, 7) is 0. The molecule has 1 aromatic rings. The molecular weight excluding hydrogens is 211 g/mol. The molecule has 0 amide bonds. The van der Waals surface area contributed by atoms with Crippen molar-refractivity contribution in [1.29, 1.82) is 5.41 Å². The van der Waals surface area contributed by atoms with E-state index >= 15 is 0 Å². The van der Waals surface area contributed by atoms with Gasteiger partial charge in [-0.2, -0.15) is 0 Å². The molecule has 0 unspecified atom stereocenters. The molecule has 0 atom stereocenters. The number of rotatable bonds is 2. The van der Waals surface area contributed by atoms with Gasteiger partial charge in [-0.15, -0.1) is 13.2 Å². The van der Waals surface area contributed by atoms with E-state index < -0.39 is 12.1 Å². The van der Waals surface area contributed by atoms with E-state index in [1.165, 1.54) is 25.3 Å². The molecule has 0 spiro atoms. The Balaban J connectivity index is 3.02. The molecule has 15 heavy (non-hydrogen) atoms. The van der Waals surface area contributed by atoms with Gasteiger partial charge in [-0.3, -0.25) is 5.41 Å². The lowest BCUT2D eigenvalue weighted by atomic mass is 10.2. The Hall–Kier alpha value is -1.72. The summed E-state index contributed by atoms with van der Waals surface area (Å²) in [5.41, 5.74) is -0.0441. The van der Waals surface area contributed by atoms with Crippen molar-refractivity contribution >= 4 is 5.90 Å². The van der Waals surface area contributed by atoms with Gasteiger partial charge < -0.3 is 9.47 Å². The average molecular weight is 219 g/mol. The number of hydrogen-bond acceptors (Lipinski definition) is 3. The molecule has 0 fully saturated rings. The van der Waals surface area contributed by atoms with Gasteiger partial charge in [-0.1, -0.05) is 12.1 Å². The van der Waals surface area contributed by atoms with Gasteiger partial charge in [-0.05, 0) is 12.1 Å². The van der Waals surface area contributed by atoms with Crippen LogP contribution in [0.2, 0.25) is 0 Å². The molecule has 0 saturated heterocycles. The van der Waals surface area contributed by atoms with Crippen LogP contribution in [0, 0.1) is 5.41 Å². The summed E-state index contributed by atoms with van der Waals surface area (Å²) in [6, 6.07) is 5.31. The van der Waals surface area contributed by atoms with Gasteiger partial charge in [0.25, 0.3) is 0 Å². The number of benzene rings is 1. The molecule has 0 bridgehead atoms. The Kier molecular flexibility index (Phi) is 3.18. The van der Waals surface area contributed by atoms with Crippen LogP contribution >= 0.6 is 0 Å². The fourth-order valence-corrected chi connectivity index (χ4v) is 0.978. The van der Waals surface area contributed by atoms with Crippen molar-refractivity contribution in [3.8, 4) is 5.75 Å². The molecule has 6 heteroatoms. The summed E-state index contributed by atoms with van der Waals surface area (Å²) in [5.74, 6) is -0.827. The lowest BCUT2D eigenvalue weighted by Crippen LogP contribution is -2.19. The third kappa shape index (κ3) is 3.16. The number of methoxy groups -OCH3 is 1. The first-order chi connectivity index (χ1) is 6.94. The van der Waals surface area contributed by atoms with Crippen LogP contribution in [0.15, 0.2) is 24.3 Å². The minimum absolute atomic E-state index is 0.0441. The minimum Gasteiger partial charge on any atom is -0.481 e. The van der Waals surface area contributed by atoms with E-state index in [-0.39, 0.29) is 11.5 Å². The van der Waals surface area contributed by atoms with E-state index in [9.17, 15) is 13.2 Å². The van der Waals surface area contributed by atoms with Crippen molar-refractivity contribution in [3.63, 3.8) is 0 Å². The Morgan fingerprint density at radius 3 is 2.40 bits per heavy atom. The Bertz CT molecular complexity index is 363. The van der Waals surface area contributed by atoms with E-state index in [1.54, 1.807) is 0 Å². The third-order valence-electron chi connectivity index (χ3n) is 1.56. The van der Waals surface area contributed by atoms with Crippen LogP contribution in [0.4, 0.5) is 13.2 Å². The topological polar surface area (TPSA) is 42.3 Å². The summed E-state index contributed by atoms with van der Waals surface area (Å²) in [6.07, 6.45) is -4.77. The van der Waals surface area contributed by atoms with Crippen LogP contribution in [0.25, 0.3) is 0 Å². The molecule has 0 saturated carbocycles. The fraction of sp³-hybridized carbons (Fsp3) is 0.222. The lowest BCUT2D eigenvalue weighted by Gasteiger charge is -2.12. The summed E-state index contributed by atoms with van der Waals surface area (Å²) in [4.78, 5) is 0. The molecule has 0 aliphatic rings. The van der Waals surface area contributed by atoms with Crippen molar-refractivity contribution in [2.45, 2.75) is 6.36 Å². The molecule has 0 aromatic heterocycles. The number of para-hydroxylation sites is 1. The molecule has 3 nitrogen and oxygen atoms in total. The highest BCUT2D eigenvalue weighted by Crippen LogP contribution is 2.26. The van der Waals surface area contributed by atoms with Crippen molar-refractivity contribution in [2.24, 2.45) is 0 Å². The molecular formula is C9H8F3NO2. The second kappa shape index (κ2) is 4.20. The van der Waals surface area contributed by atoms with E-state index in [4.69, 9.17) is 5.41 Å². The zero-order chi connectivity index (χ0) is 11.5. The largest absolute Gasteiger partial charge is 0.573 e. The van der Waals surface area contributed by atoms with Gasteiger partial charge in [0.1, 0.15) is 5.75 Å². The van der Waals surface area contributed by atoms with E-state index in [0.29, 0.717) is 0 Å². The highest BCUT2D eigenvalue weighted by atomic mass is 19.4. The molecule has 0 heterocycles. The second-order valence-corrected chi connectivity index (χ2v) is 2.58. The Morgan fingerprint density at radius 2 is 1.87 bits per heavy atom. The highest BCUT2D eigenvalue weighted by Gasteiger charge is 2.32. The van der Waals surface area contributed by atoms with E-state index in [0.717, 1.165) is 6.07 Å². The van der Waals surface area contributed by atoms with Gasteiger partial charge >= 0.3 is 6.36 Å². The minimum atomic E-state index is -4.77. The molecule has 0 radical (unpaired) electrons. The first-order valence-corrected chi connectivity index (χ1v) is 3.91. The first-order valence-electron chi connectivity index (χ1n) is 3.91. The Labute approximate surface area is 83.9 Å². The molecule has 1 rings (SSSR count). The summed E-state index contributed by atoms with van der Waals surface area (Å²) >= 11 is 0. The van der Waals surface area contributed by atoms with Gasteiger partial charge in [-0.25, -0.2) is 0 Å². The number of nitrogens with one attached hydrogen (secondary N) is 1. The fourth-order valence-electron chi connectivity index (χ4n) is 0.978. The normalized spacial score (nSPS) is 10.9. The molecule has 0 aliphatic heterocycles.